The molecule has 0 fully saturated rings. The molecule has 0 rings (SSSR count). The molecule has 0 aliphatic rings. The Hall–Kier alpha value is -1.66. The van der Waals surface area contributed by atoms with Crippen molar-refractivity contribution in [2.75, 3.05) is 13.2 Å². The summed E-state index contributed by atoms with van der Waals surface area (Å²) in [6.07, 6.45) is 87.0. The molecule has 0 aromatic carbocycles. The third-order valence-electron chi connectivity index (χ3n) is 17.0. The highest BCUT2D eigenvalue weighted by Crippen LogP contribution is 2.19. The molecular weight excluding hydrogens is 971 g/mol. The maximum Gasteiger partial charge on any atom is 0.305 e. The number of ether oxygens (including phenoxy) is 1. The van der Waals surface area contributed by atoms with Gasteiger partial charge in [-0.25, -0.2) is 0 Å². The number of carbonyl (C=O) groups is 2. The zero-order chi connectivity index (χ0) is 57.1. The van der Waals surface area contributed by atoms with E-state index < -0.39 is 12.1 Å². The van der Waals surface area contributed by atoms with Gasteiger partial charge in [0, 0.05) is 12.8 Å². The second kappa shape index (κ2) is 68.8. The number of nitrogens with one attached hydrogen (secondary N) is 1. The topological polar surface area (TPSA) is 95.9 Å². The minimum absolute atomic E-state index is 0.0131. The molecule has 79 heavy (non-hydrogen) atoms. The summed E-state index contributed by atoms with van der Waals surface area (Å²) in [4.78, 5) is 24.6. The number of esters is 1. The van der Waals surface area contributed by atoms with Crippen molar-refractivity contribution in [2.24, 2.45) is 0 Å². The Kier molecular flexibility index (Phi) is 67.4. The van der Waals surface area contributed by atoms with E-state index in [9.17, 15) is 19.8 Å². The van der Waals surface area contributed by atoms with Crippen molar-refractivity contribution in [3.8, 4) is 0 Å². The first-order valence-corrected chi connectivity index (χ1v) is 36.1. The number of amides is 1. The van der Waals surface area contributed by atoms with Crippen LogP contribution in [0.2, 0.25) is 0 Å². The number of unbranched alkanes of at least 4 members (excludes halogenated alkanes) is 55. The maximum absolute atomic E-state index is 12.5. The van der Waals surface area contributed by atoms with Crippen LogP contribution in [-0.2, 0) is 14.3 Å². The van der Waals surface area contributed by atoms with Crippen LogP contribution in [0, 0.1) is 0 Å². The van der Waals surface area contributed by atoms with Crippen LogP contribution in [0.3, 0.4) is 0 Å². The Labute approximate surface area is 494 Å². The van der Waals surface area contributed by atoms with E-state index in [2.05, 4.69) is 31.3 Å². The van der Waals surface area contributed by atoms with Gasteiger partial charge in [0.25, 0.3) is 0 Å². The fourth-order valence-electron chi connectivity index (χ4n) is 11.5. The maximum atomic E-state index is 12.5. The third kappa shape index (κ3) is 65.4. The number of hydrogen-bond donors (Lipinski definition) is 3. The molecule has 0 aromatic rings. The molecule has 1 amide bonds. The first-order valence-electron chi connectivity index (χ1n) is 36.1. The Balaban J connectivity index is 3.34. The van der Waals surface area contributed by atoms with Crippen LogP contribution in [0.4, 0.5) is 0 Å². The molecule has 3 N–H and O–H groups in total. The van der Waals surface area contributed by atoms with E-state index in [4.69, 9.17) is 4.74 Å². The van der Waals surface area contributed by atoms with Crippen molar-refractivity contribution in [3.05, 3.63) is 24.3 Å². The van der Waals surface area contributed by atoms with E-state index >= 15 is 0 Å². The van der Waals surface area contributed by atoms with Crippen molar-refractivity contribution in [3.63, 3.8) is 0 Å². The monoisotopic (exact) mass is 1110 g/mol. The summed E-state index contributed by atoms with van der Waals surface area (Å²) in [6.45, 7) is 4.93. The summed E-state index contributed by atoms with van der Waals surface area (Å²) < 4.78 is 5.49. The van der Waals surface area contributed by atoms with Crippen LogP contribution < -0.4 is 5.32 Å². The molecule has 0 bridgehead atoms. The fraction of sp³-hybridized carbons (Fsp3) is 0.918. The quantitative estimate of drug-likeness (QED) is 0.0320. The van der Waals surface area contributed by atoms with E-state index in [1.165, 1.54) is 334 Å². The SMILES string of the molecule is CCCCCCCC/C=C\CCCCCCCC(=O)OCCCCCCCCCCCCCCCCCCCCCCCCCCCCCCCCCC(=O)NC(CO)C(O)/C=C/CCCCCCCCCCCCCCCC. The molecule has 2 unspecified atom stereocenters. The predicted octanol–water partition coefficient (Wildman–Crippen LogP) is 23.3. The van der Waals surface area contributed by atoms with Gasteiger partial charge in [0.15, 0.2) is 0 Å². The van der Waals surface area contributed by atoms with Gasteiger partial charge in [-0.1, -0.05) is 359 Å². The summed E-state index contributed by atoms with van der Waals surface area (Å²) in [7, 11) is 0. The van der Waals surface area contributed by atoms with Gasteiger partial charge in [-0.2, -0.15) is 0 Å². The van der Waals surface area contributed by atoms with Gasteiger partial charge < -0.3 is 20.3 Å². The minimum atomic E-state index is -0.841. The molecule has 0 aromatic heterocycles. The molecular formula is C73H141NO5. The smallest absolute Gasteiger partial charge is 0.305 e. The van der Waals surface area contributed by atoms with Crippen LogP contribution >= 0.6 is 0 Å². The summed E-state index contributed by atoms with van der Waals surface area (Å²) in [5.74, 6) is -0.0477. The molecule has 0 saturated heterocycles. The molecule has 0 aliphatic heterocycles. The lowest BCUT2D eigenvalue weighted by molar-refractivity contribution is -0.143. The molecule has 6 heteroatoms. The summed E-state index contributed by atoms with van der Waals surface area (Å²) >= 11 is 0. The standard InChI is InChI=1S/C73H141NO5/c1-3-5-7-9-11-13-15-17-19-38-41-45-49-53-57-61-65-71(76)70(69-75)74-72(77)66-62-58-54-50-46-42-39-35-33-31-29-27-25-23-21-20-22-24-26-28-30-32-34-36-40-44-48-52-56-60-64-68-79-73(78)67-63-59-55-51-47-43-37-18-16-14-12-10-8-6-4-2/h18,37,61,65,70-71,75-76H,3-17,19-36,38-60,62-64,66-69H2,1-2H3,(H,74,77)/b37-18-,65-61+. The van der Waals surface area contributed by atoms with E-state index in [1.807, 2.05) is 6.08 Å². The van der Waals surface area contributed by atoms with Crippen molar-refractivity contribution in [2.45, 2.75) is 418 Å². The minimum Gasteiger partial charge on any atom is -0.466 e. The molecule has 2 atom stereocenters. The molecule has 0 heterocycles. The van der Waals surface area contributed by atoms with Crippen LogP contribution in [0.1, 0.15) is 406 Å². The van der Waals surface area contributed by atoms with Gasteiger partial charge in [-0.05, 0) is 57.8 Å². The Morgan fingerprint density at radius 2 is 0.595 bits per heavy atom. The van der Waals surface area contributed by atoms with Crippen LogP contribution in [0.25, 0.3) is 0 Å². The lowest BCUT2D eigenvalue weighted by Crippen LogP contribution is -2.45. The van der Waals surface area contributed by atoms with E-state index in [0.717, 1.165) is 44.9 Å². The van der Waals surface area contributed by atoms with Crippen molar-refractivity contribution in [1.29, 1.82) is 0 Å². The third-order valence-corrected chi connectivity index (χ3v) is 17.0. The molecule has 0 saturated carbocycles. The highest BCUT2D eigenvalue weighted by molar-refractivity contribution is 5.76. The second-order valence-electron chi connectivity index (χ2n) is 24.9. The van der Waals surface area contributed by atoms with E-state index in [1.54, 1.807) is 6.08 Å². The number of aliphatic hydroxyl groups is 2. The number of hydrogen-bond acceptors (Lipinski definition) is 5. The van der Waals surface area contributed by atoms with Crippen LogP contribution in [-0.4, -0.2) is 47.4 Å². The second-order valence-corrected chi connectivity index (χ2v) is 24.9. The first kappa shape index (κ1) is 77.3. The highest BCUT2D eigenvalue weighted by Gasteiger charge is 2.18. The van der Waals surface area contributed by atoms with Gasteiger partial charge in [-0.15, -0.1) is 0 Å². The van der Waals surface area contributed by atoms with Gasteiger partial charge >= 0.3 is 5.97 Å². The largest absolute Gasteiger partial charge is 0.466 e. The van der Waals surface area contributed by atoms with Crippen LogP contribution in [0.5, 0.6) is 0 Å². The number of aliphatic hydroxyl groups excluding tert-OH is 2. The molecule has 6 nitrogen and oxygen atoms in total. The molecule has 468 valence electrons. The first-order chi connectivity index (χ1) is 39.0. The van der Waals surface area contributed by atoms with E-state index in [-0.39, 0.29) is 18.5 Å². The highest BCUT2D eigenvalue weighted by atomic mass is 16.5. The molecule has 0 spiro atoms. The van der Waals surface area contributed by atoms with Crippen LogP contribution in [0.15, 0.2) is 24.3 Å². The van der Waals surface area contributed by atoms with Crippen molar-refractivity contribution < 1.29 is 24.5 Å². The van der Waals surface area contributed by atoms with Gasteiger partial charge in [0.1, 0.15) is 0 Å². The van der Waals surface area contributed by atoms with Gasteiger partial charge in [-0.3, -0.25) is 9.59 Å². The average Bonchev–Trinajstić information content (AvgIpc) is 3.45. The van der Waals surface area contributed by atoms with Gasteiger partial charge in [0.2, 0.25) is 5.91 Å². The fourth-order valence-corrected chi connectivity index (χ4v) is 11.5. The van der Waals surface area contributed by atoms with Gasteiger partial charge in [0.05, 0.1) is 25.4 Å². The lowest BCUT2D eigenvalue weighted by Gasteiger charge is -2.20. The van der Waals surface area contributed by atoms with Crippen molar-refractivity contribution >= 4 is 11.9 Å². The Bertz CT molecular complexity index is 1230. The predicted molar refractivity (Wildman–Crippen MR) is 347 cm³/mol. The summed E-state index contributed by atoms with van der Waals surface area (Å²) in [5, 5.41) is 23.2. The summed E-state index contributed by atoms with van der Waals surface area (Å²) in [6, 6.07) is -0.624. The normalized spacial score (nSPS) is 12.6. The number of rotatable bonds is 68. The zero-order valence-corrected chi connectivity index (χ0v) is 53.6. The van der Waals surface area contributed by atoms with Crippen molar-refractivity contribution in [1.82, 2.24) is 5.32 Å². The summed E-state index contributed by atoms with van der Waals surface area (Å²) in [5.41, 5.74) is 0. The Morgan fingerprint density at radius 1 is 0.342 bits per heavy atom. The molecule has 0 radical (unpaired) electrons. The Morgan fingerprint density at radius 3 is 0.899 bits per heavy atom. The van der Waals surface area contributed by atoms with E-state index in [0.29, 0.717) is 19.4 Å². The number of carbonyl (C=O) groups excluding carboxylic acids is 2. The number of allylic oxidation sites excluding steroid dienone is 3. The lowest BCUT2D eigenvalue weighted by atomic mass is 10.0. The zero-order valence-electron chi connectivity index (χ0n) is 53.6. The molecule has 0 aliphatic carbocycles. The average molecular weight is 1110 g/mol.